The molecule has 5 heteroatoms. The van der Waals surface area contributed by atoms with Crippen molar-refractivity contribution in [1.29, 1.82) is 0 Å². The van der Waals surface area contributed by atoms with Crippen LogP contribution in [0.25, 0.3) is 0 Å². The SMILES string of the molecule is OCCC[C@@H]1CCCCN1Cc1c(Cl)ccc(O)c1Cl. The zero-order chi connectivity index (χ0) is 14.5. The summed E-state index contributed by atoms with van der Waals surface area (Å²) in [6.45, 7) is 1.90. The van der Waals surface area contributed by atoms with Crippen LogP contribution < -0.4 is 0 Å². The van der Waals surface area contributed by atoms with Crippen LogP contribution in [0.5, 0.6) is 5.75 Å². The predicted molar refractivity (Wildman–Crippen MR) is 82.5 cm³/mol. The number of halogens is 2. The van der Waals surface area contributed by atoms with Gasteiger partial charge in [-0.3, -0.25) is 4.90 Å². The Morgan fingerprint density at radius 3 is 2.80 bits per heavy atom. The van der Waals surface area contributed by atoms with E-state index in [4.69, 9.17) is 28.3 Å². The van der Waals surface area contributed by atoms with Crippen molar-refractivity contribution in [2.24, 2.45) is 0 Å². The van der Waals surface area contributed by atoms with Gasteiger partial charge in [-0.1, -0.05) is 29.6 Å². The Bertz CT molecular complexity index is 454. The zero-order valence-corrected chi connectivity index (χ0v) is 13.0. The fourth-order valence-corrected chi connectivity index (χ4v) is 3.35. The number of nitrogens with zero attached hydrogens (tertiary/aromatic N) is 1. The van der Waals surface area contributed by atoms with Crippen LogP contribution in [0.4, 0.5) is 0 Å². The maximum absolute atomic E-state index is 9.72. The molecule has 0 aliphatic carbocycles. The van der Waals surface area contributed by atoms with Crippen LogP contribution in [0.1, 0.15) is 37.7 Å². The summed E-state index contributed by atoms with van der Waals surface area (Å²) in [5, 5.41) is 19.7. The van der Waals surface area contributed by atoms with Crippen LogP contribution >= 0.6 is 23.2 Å². The molecule has 1 aromatic rings. The first-order chi connectivity index (χ1) is 9.63. The largest absolute Gasteiger partial charge is 0.506 e. The van der Waals surface area contributed by atoms with E-state index < -0.39 is 0 Å². The Morgan fingerprint density at radius 1 is 1.25 bits per heavy atom. The van der Waals surface area contributed by atoms with Gasteiger partial charge in [-0.25, -0.2) is 0 Å². The van der Waals surface area contributed by atoms with Crippen LogP contribution in [0.15, 0.2) is 12.1 Å². The molecule has 0 spiro atoms. The Kier molecular flexibility index (Phi) is 5.97. The molecule has 0 bridgehead atoms. The maximum Gasteiger partial charge on any atom is 0.134 e. The van der Waals surface area contributed by atoms with Gasteiger partial charge in [-0.15, -0.1) is 0 Å². The number of aliphatic hydroxyl groups is 1. The van der Waals surface area contributed by atoms with Gasteiger partial charge in [0.25, 0.3) is 0 Å². The molecule has 112 valence electrons. The van der Waals surface area contributed by atoms with Gasteiger partial charge >= 0.3 is 0 Å². The molecule has 0 unspecified atom stereocenters. The summed E-state index contributed by atoms with van der Waals surface area (Å²) in [6.07, 6.45) is 5.36. The van der Waals surface area contributed by atoms with Crippen molar-refractivity contribution in [2.75, 3.05) is 13.2 Å². The highest BCUT2D eigenvalue weighted by atomic mass is 35.5. The minimum Gasteiger partial charge on any atom is -0.506 e. The van der Waals surface area contributed by atoms with E-state index in [-0.39, 0.29) is 12.4 Å². The standard InChI is InChI=1S/C15H21Cl2NO2/c16-13-6-7-14(20)15(17)12(13)10-18-8-2-1-4-11(18)5-3-9-19/h6-7,11,19-20H,1-5,8-10H2/t11-/m0/s1. The van der Waals surface area contributed by atoms with Crippen molar-refractivity contribution < 1.29 is 10.2 Å². The Labute approximate surface area is 130 Å². The zero-order valence-electron chi connectivity index (χ0n) is 11.5. The average Bonchev–Trinajstić information content (AvgIpc) is 2.46. The van der Waals surface area contributed by atoms with Crippen LogP contribution in [-0.4, -0.2) is 34.3 Å². The van der Waals surface area contributed by atoms with E-state index in [0.29, 0.717) is 22.6 Å². The summed E-state index contributed by atoms with van der Waals surface area (Å²) in [4.78, 5) is 2.37. The summed E-state index contributed by atoms with van der Waals surface area (Å²) in [7, 11) is 0. The smallest absolute Gasteiger partial charge is 0.134 e. The topological polar surface area (TPSA) is 43.7 Å². The molecule has 0 radical (unpaired) electrons. The minimum absolute atomic E-state index is 0.0787. The van der Waals surface area contributed by atoms with E-state index >= 15 is 0 Å². The molecule has 1 aliphatic rings. The number of benzene rings is 1. The van der Waals surface area contributed by atoms with Gasteiger partial charge in [0.15, 0.2) is 0 Å². The van der Waals surface area contributed by atoms with E-state index in [1.165, 1.54) is 18.9 Å². The van der Waals surface area contributed by atoms with Gasteiger partial charge in [0.2, 0.25) is 0 Å². The first-order valence-electron chi connectivity index (χ1n) is 7.14. The fourth-order valence-electron chi connectivity index (χ4n) is 2.86. The molecule has 0 aromatic heterocycles. The predicted octanol–water partition coefficient (Wildman–Crippen LogP) is 3.83. The van der Waals surface area contributed by atoms with E-state index in [0.717, 1.165) is 31.4 Å². The summed E-state index contributed by atoms with van der Waals surface area (Å²) in [5.74, 6) is 0.0787. The number of aliphatic hydroxyl groups excluding tert-OH is 1. The van der Waals surface area contributed by atoms with Crippen molar-refractivity contribution >= 4 is 23.2 Å². The molecule has 20 heavy (non-hydrogen) atoms. The lowest BCUT2D eigenvalue weighted by Crippen LogP contribution is -2.39. The number of phenolic OH excluding ortho intramolecular Hbond substituents is 1. The second-order valence-corrected chi connectivity index (χ2v) is 6.13. The van der Waals surface area contributed by atoms with E-state index in [2.05, 4.69) is 4.90 Å². The molecule has 2 rings (SSSR count). The molecule has 1 saturated heterocycles. The van der Waals surface area contributed by atoms with Crippen molar-refractivity contribution in [1.82, 2.24) is 4.90 Å². The first-order valence-corrected chi connectivity index (χ1v) is 7.90. The van der Waals surface area contributed by atoms with Crippen LogP contribution in [0.3, 0.4) is 0 Å². The average molecular weight is 318 g/mol. The van der Waals surface area contributed by atoms with E-state index in [9.17, 15) is 5.11 Å². The summed E-state index contributed by atoms with van der Waals surface area (Å²) in [6, 6.07) is 3.67. The molecule has 2 N–H and O–H groups in total. The lowest BCUT2D eigenvalue weighted by atomic mass is 9.97. The lowest BCUT2D eigenvalue weighted by molar-refractivity contribution is 0.124. The van der Waals surface area contributed by atoms with Crippen molar-refractivity contribution in [3.8, 4) is 5.75 Å². The Balaban J connectivity index is 2.12. The van der Waals surface area contributed by atoms with Gasteiger partial charge in [0.05, 0.1) is 5.02 Å². The third kappa shape index (κ3) is 3.79. The number of hydrogen-bond acceptors (Lipinski definition) is 3. The fraction of sp³-hybridized carbons (Fsp3) is 0.600. The normalized spacial score (nSPS) is 20.2. The second kappa shape index (κ2) is 7.51. The Hall–Kier alpha value is -0.480. The van der Waals surface area contributed by atoms with Crippen molar-refractivity contribution in [3.05, 3.63) is 27.7 Å². The first kappa shape index (κ1) is 15.9. The van der Waals surface area contributed by atoms with Crippen LogP contribution in [0, 0.1) is 0 Å². The molecule has 1 atom stereocenters. The van der Waals surface area contributed by atoms with Crippen LogP contribution in [-0.2, 0) is 6.54 Å². The summed E-state index contributed by atoms with van der Waals surface area (Å²) < 4.78 is 0. The monoisotopic (exact) mass is 317 g/mol. The molecule has 0 saturated carbocycles. The number of aromatic hydroxyl groups is 1. The van der Waals surface area contributed by atoms with E-state index in [1.54, 1.807) is 6.07 Å². The summed E-state index contributed by atoms with van der Waals surface area (Å²) in [5.41, 5.74) is 0.796. The molecule has 1 heterocycles. The van der Waals surface area contributed by atoms with Gasteiger partial charge in [-0.05, 0) is 44.4 Å². The van der Waals surface area contributed by atoms with E-state index in [1.807, 2.05) is 0 Å². The van der Waals surface area contributed by atoms with Gasteiger partial charge in [-0.2, -0.15) is 0 Å². The highest BCUT2D eigenvalue weighted by molar-refractivity contribution is 6.36. The molecular weight excluding hydrogens is 297 g/mol. The highest BCUT2D eigenvalue weighted by Crippen LogP contribution is 2.35. The van der Waals surface area contributed by atoms with Crippen molar-refractivity contribution in [3.63, 3.8) is 0 Å². The van der Waals surface area contributed by atoms with Crippen molar-refractivity contribution in [2.45, 2.75) is 44.7 Å². The number of hydrogen-bond donors (Lipinski definition) is 2. The molecule has 1 aliphatic heterocycles. The summed E-state index contributed by atoms with van der Waals surface area (Å²) >= 11 is 12.4. The quantitative estimate of drug-likeness (QED) is 0.867. The maximum atomic E-state index is 9.72. The van der Waals surface area contributed by atoms with Gasteiger partial charge in [0.1, 0.15) is 5.75 Å². The molecular formula is C15H21Cl2NO2. The Morgan fingerprint density at radius 2 is 2.05 bits per heavy atom. The lowest BCUT2D eigenvalue weighted by Gasteiger charge is -2.36. The molecule has 1 fully saturated rings. The molecule has 1 aromatic carbocycles. The molecule has 0 amide bonds. The second-order valence-electron chi connectivity index (χ2n) is 5.34. The number of likely N-dealkylation sites (tertiary alicyclic amines) is 1. The number of rotatable bonds is 5. The highest BCUT2D eigenvalue weighted by Gasteiger charge is 2.24. The third-order valence-electron chi connectivity index (χ3n) is 3.97. The van der Waals surface area contributed by atoms with Gasteiger partial charge < -0.3 is 10.2 Å². The van der Waals surface area contributed by atoms with Gasteiger partial charge in [0, 0.05) is 29.8 Å². The molecule has 3 nitrogen and oxygen atoms in total. The number of phenols is 1. The third-order valence-corrected chi connectivity index (χ3v) is 4.75. The minimum atomic E-state index is 0.0787. The van der Waals surface area contributed by atoms with Crippen LogP contribution in [0.2, 0.25) is 10.0 Å². The number of piperidine rings is 1.